The van der Waals surface area contributed by atoms with Crippen LogP contribution < -0.4 is 22.8 Å². The molecule has 16 aromatic rings. The van der Waals surface area contributed by atoms with Crippen molar-refractivity contribution in [1.82, 2.24) is 15.0 Å². The molecule has 1 saturated carbocycles. The fourth-order valence-electron chi connectivity index (χ4n) is 17.4. The lowest BCUT2D eigenvalue weighted by atomic mass is 9.92. The highest BCUT2D eigenvalue weighted by molar-refractivity contribution is 5.99. The molecule has 0 N–H and O–H groups in total. The van der Waals surface area contributed by atoms with Crippen LogP contribution in [0.5, 0.6) is 0 Å². The molecule has 0 amide bonds. The fourth-order valence-corrected chi connectivity index (χ4v) is 17.4. The van der Waals surface area contributed by atoms with Gasteiger partial charge in [-0.3, -0.25) is 15.0 Å². The number of hydrogen-bond donors (Lipinski definition) is 0. The highest BCUT2D eigenvalue weighted by atomic mass is 15.0. The number of nitrogens with zero attached hydrogens (tertiary/aromatic N) is 8. The van der Waals surface area contributed by atoms with Gasteiger partial charge < -0.3 is 0 Å². The van der Waals surface area contributed by atoms with E-state index in [1.807, 2.05) is 62.3 Å². The van der Waals surface area contributed by atoms with E-state index in [0.717, 1.165) is 27.9 Å². The molecule has 0 atom stereocenters. The molecule has 610 valence electrons. The summed E-state index contributed by atoms with van der Waals surface area (Å²) in [4.78, 5) is 12.9. The van der Waals surface area contributed by atoms with Crippen LogP contribution in [0.2, 0.25) is 0 Å². The highest BCUT2D eigenvalue weighted by Gasteiger charge is 2.28. The maximum absolute atomic E-state index is 8.47. The largest absolute Gasteiger partial charge is 0.264 e. The molecule has 8 nitrogen and oxygen atoms in total. The van der Waals surface area contributed by atoms with Crippen molar-refractivity contribution in [2.24, 2.45) is 35.2 Å². The average molecular weight is 1590 g/mol. The van der Waals surface area contributed by atoms with E-state index in [9.17, 15) is 0 Å². The summed E-state index contributed by atoms with van der Waals surface area (Å²) >= 11 is 0. The second-order valence-corrected chi connectivity index (χ2v) is 34.7. The van der Waals surface area contributed by atoms with E-state index in [1.165, 1.54) is 205 Å². The molecule has 8 heteroatoms. The summed E-state index contributed by atoms with van der Waals surface area (Å²) in [5.41, 5.74) is 32.1. The molecule has 17 rings (SSSR count). The molecule has 0 radical (unpaired) electrons. The topological polar surface area (TPSA) is 58.1 Å². The van der Waals surface area contributed by atoms with Crippen molar-refractivity contribution >= 4 is 53.9 Å². The van der Waals surface area contributed by atoms with Crippen LogP contribution >= 0.6 is 0 Å². The molecule has 8 aromatic heterocycles. The van der Waals surface area contributed by atoms with Crippen molar-refractivity contribution in [2.45, 2.75) is 193 Å². The highest BCUT2D eigenvalue weighted by Crippen LogP contribution is 2.40. The van der Waals surface area contributed by atoms with Crippen LogP contribution in [0.3, 0.4) is 0 Å². The first-order valence-electron chi connectivity index (χ1n) is 46.0. The fraction of sp³-hybridized carbons (Fsp3) is 0.304. The van der Waals surface area contributed by atoms with Gasteiger partial charge in [-0.2, -0.15) is 18.3 Å². The Kier molecular flexibility index (Phi) is 24.3. The van der Waals surface area contributed by atoms with Gasteiger partial charge in [-0.1, -0.05) is 178 Å². The molecule has 0 spiro atoms. The maximum Gasteiger partial charge on any atom is 0.222 e. The molecule has 8 heterocycles. The van der Waals surface area contributed by atoms with Gasteiger partial charge in [-0.05, 0) is 256 Å². The Morgan fingerprint density at radius 3 is 1.29 bits per heavy atom. The van der Waals surface area contributed by atoms with Crippen LogP contribution in [0.15, 0.2) is 244 Å². The lowest BCUT2D eigenvalue weighted by Crippen LogP contribution is -2.35. The van der Waals surface area contributed by atoms with Crippen LogP contribution in [0.4, 0.5) is 0 Å². The Balaban J connectivity index is 0.000000136. The van der Waals surface area contributed by atoms with Crippen molar-refractivity contribution in [3.05, 3.63) is 333 Å². The van der Waals surface area contributed by atoms with E-state index >= 15 is 0 Å². The third-order valence-electron chi connectivity index (χ3n) is 25.2. The minimum Gasteiger partial charge on any atom is -0.264 e. The average Bonchev–Trinajstić information content (AvgIpc) is 0.873. The molecule has 1 aliphatic carbocycles. The standard InChI is InChI=1S/C26H27N2.C23H26N.C23H28N.2C20H23N2/c1-17(2)20-10-11-24-23(14-20)13-19(4)28(5)26(24)25-15-21(9-8-18(25)3)22-7-6-12-27-16-22;1-16-8-4-7-11-21(16)23-22-13-12-19(18-9-5-6-10-18)15-20(22)14-17(2)24(23)3;1-7-18-12-16(4)13-22(17(18)5)23-21-9-8-19(15(2)3)14-20(21)10-11-24(23)6;1-13(2)16-6-7-19-17(11-16)10-15(4)22(5)20(19)18-8-9-21-12-14(18)3;1-13(2)16-6-7-18-17(11-16)10-15(4)22(5)20(18)19-12-21-9-8-14(19)3/h6-17H,1-5H3;4,7-8,11-15,18H,5-6,9-10H2,1-3H3;8-15H,7H2,1-6H3;2*6-13H,1-5H3/q5*+1/i;;4D3,7D2,11D;;. The van der Waals surface area contributed by atoms with Crippen molar-refractivity contribution in [1.29, 1.82) is 0 Å². The SMILES string of the molecule is Cc1ccc(-c2cccnc2)cc1-c1c2ccc(C(C)C)cc2cc(C)[n+]1C.Cc1ccccc1-c1c2ccc(C3CCCC3)cc2cc(C)[n+]1C.Cc1ccncc1-c1c2ccc(C(C)C)cc2cc(C)[n+]1C.Cc1cnccc1-c1c2ccc(C(C)C)cc2cc(C)[n+]1C.[2H]c1cc2cc(C(C)C)ccc2c(-c2cc(C([2H])([2H])[2H])cc(C([2H])([2H])C)c2C)[n+]1C. The number of hydrogen-bond acceptors (Lipinski definition) is 3. The molecule has 1 fully saturated rings. The minimum absolute atomic E-state index is 0.103. The number of aromatic nitrogens is 8. The van der Waals surface area contributed by atoms with Crippen LogP contribution in [-0.4, -0.2) is 15.0 Å². The van der Waals surface area contributed by atoms with Crippen molar-refractivity contribution in [3.63, 3.8) is 0 Å². The summed E-state index contributed by atoms with van der Waals surface area (Å²) in [6, 6.07) is 71.7. The van der Waals surface area contributed by atoms with Crippen LogP contribution in [0.1, 0.15) is 215 Å². The summed E-state index contributed by atoms with van der Waals surface area (Å²) < 4.78 is 59.6. The number of rotatable bonds is 12. The van der Waals surface area contributed by atoms with Crippen molar-refractivity contribution in [2.75, 3.05) is 0 Å². The van der Waals surface area contributed by atoms with Gasteiger partial charge in [0, 0.05) is 113 Å². The van der Waals surface area contributed by atoms with Crippen LogP contribution in [0, 0.1) is 69.2 Å². The number of benzene rings is 8. The number of fused-ring (bicyclic) bond motifs is 5. The molecule has 8 aromatic carbocycles. The lowest BCUT2D eigenvalue weighted by molar-refractivity contribution is -0.665. The van der Waals surface area contributed by atoms with Gasteiger partial charge in [0.15, 0.2) is 28.9 Å². The lowest BCUT2D eigenvalue weighted by Gasteiger charge is -2.13. The Morgan fingerprint density at radius 1 is 0.367 bits per heavy atom. The minimum atomic E-state index is -2.36. The van der Waals surface area contributed by atoms with Gasteiger partial charge in [0.25, 0.3) is 0 Å². The molecule has 0 unspecified atom stereocenters. The molecular weight excluding hydrogens is 1460 g/mol. The Labute approximate surface area is 724 Å². The summed E-state index contributed by atoms with van der Waals surface area (Å²) in [7, 11) is 10.4. The zero-order chi connectivity index (χ0) is 90.8. The zero-order valence-corrected chi connectivity index (χ0v) is 75.3. The summed E-state index contributed by atoms with van der Waals surface area (Å²) in [6.45, 7) is 36.0. The van der Waals surface area contributed by atoms with E-state index in [-0.39, 0.29) is 5.56 Å². The predicted molar refractivity (Wildman–Crippen MR) is 506 cm³/mol. The van der Waals surface area contributed by atoms with Gasteiger partial charge in [-0.25, -0.2) is 4.57 Å². The molecule has 0 aliphatic heterocycles. The van der Waals surface area contributed by atoms with Gasteiger partial charge in [-0.15, -0.1) is 0 Å². The van der Waals surface area contributed by atoms with E-state index in [4.69, 9.17) is 8.22 Å². The van der Waals surface area contributed by atoms with Gasteiger partial charge in [0.2, 0.25) is 28.5 Å². The van der Waals surface area contributed by atoms with Gasteiger partial charge >= 0.3 is 0 Å². The number of aryl methyl sites for hydroxylation is 10. The molecule has 120 heavy (non-hydrogen) atoms. The van der Waals surface area contributed by atoms with Crippen molar-refractivity contribution < 1.29 is 31.1 Å². The Morgan fingerprint density at radius 2 is 0.808 bits per heavy atom. The third kappa shape index (κ3) is 18.4. The predicted octanol–water partition coefficient (Wildman–Crippen LogP) is 26.3. The van der Waals surface area contributed by atoms with E-state index in [1.54, 1.807) is 17.7 Å². The van der Waals surface area contributed by atoms with Crippen molar-refractivity contribution in [3.8, 4) is 67.4 Å². The molecular formula is C112H127N8+5. The third-order valence-corrected chi connectivity index (χ3v) is 25.2. The van der Waals surface area contributed by atoms with Gasteiger partial charge in [0.05, 0.1) is 49.2 Å². The summed E-state index contributed by atoms with van der Waals surface area (Å²) in [5.74, 6) is 2.73. The first-order chi connectivity index (χ1) is 59.8. The smallest absolute Gasteiger partial charge is 0.222 e. The van der Waals surface area contributed by atoms with Crippen LogP contribution in [0.25, 0.3) is 121 Å². The maximum atomic E-state index is 8.47. The van der Waals surface area contributed by atoms with E-state index in [0.29, 0.717) is 46.5 Å². The normalized spacial score (nSPS) is 13.1. The monoisotopic (exact) mass is 1590 g/mol. The van der Waals surface area contributed by atoms with E-state index in [2.05, 4.69) is 342 Å². The van der Waals surface area contributed by atoms with Crippen LogP contribution in [-0.2, 0) is 41.6 Å². The zero-order valence-electron chi connectivity index (χ0n) is 81.3. The molecule has 0 bridgehead atoms. The summed E-state index contributed by atoms with van der Waals surface area (Å²) in [6.07, 6.45) is 15.5. The second kappa shape index (κ2) is 37.3. The first-order valence-corrected chi connectivity index (χ1v) is 43.0. The Bertz CT molecular complexity index is 6620. The van der Waals surface area contributed by atoms with Gasteiger partial charge in [0.1, 0.15) is 36.6 Å². The molecule has 0 saturated heterocycles. The molecule has 1 aliphatic rings. The quantitative estimate of drug-likeness (QED) is 0.115. The summed E-state index contributed by atoms with van der Waals surface area (Å²) in [5, 5.41) is 12.4. The first kappa shape index (κ1) is 78.1. The Hall–Kier alpha value is -11.7. The second-order valence-electron chi connectivity index (χ2n) is 34.7. The number of pyridine rings is 8. The van der Waals surface area contributed by atoms with E-state index < -0.39 is 13.2 Å².